The minimum absolute atomic E-state index is 0.0159. The summed E-state index contributed by atoms with van der Waals surface area (Å²) in [7, 11) is 0. The van der Waals surface area contributed by atoms with Crippen LogP contribution in [0.2, 0.25) is 5.02 Å². The van der Waals surface area contributed by atoms with Crippen molar-refractivity contribution in [2.45, 2.75) is 11.3 Å². The van der Waals surface area contributed by atoms with Gasteiger partial charge >= 0.3 is 0 Å². The van der Waals surface area contributed by atoms with Gasteiger partial charge in [0.1, 0.15) is 0 Å². The van der Waals surface area contributed by atoms with Gasteiger partial charge in [0.2, 0.25) is 0 Å². The van der Waals surface area contributed by atoms with Gasteiger partial charge in [0, 0.05) is 30.9 Å². The highest BCUT2D eigenvalue weighted by Gasteiger charge is 2.15. The molecule has 0 N–H and O–H groups in total. The van der Waals surface area contributed by atoms with E-state index in [1.807, 2.05) is 0 Å². The van der Waals surface area contributed by atoms with Crippen LogP contribution < -0.4 is 0 Å². The summed E-state index contributed by atoms with van der Waals surface area (Å²) in [6.45, 7) is 0. The second-order valence-electron chi connectivity index (χ2n) is 2.79. The molecule has 0 bridgehead atoms. The van der Waals surface area contributed by atoms with Crippen molar-refractivity contribution in [1.29, 1.82) is 0 Å². The average Bonchev–Trinajstić information content (AvgIpc) is 2.47. The van der Waals surface area contributed by atoms with Crippen LogP contribution >= 0.6 is 35.6 Å². The van der Waals surface area contributed by atoms with Crippen molar-refractivity contribution in [3.8, 4) is 0 Å². The van der Waals surface area contributed by atoms with E-state index in [9.17, 15) is 8.78 Å². The van der Waals surface area contributed by atoms with Crippen molar-refractivity contribution in [3.05, 3.63) is 28.1 Å². The van der Waals surface area contributed by atoms with E-state index in [1.54, 1.807) is 11.4 Å². The van der Waals surface area contributed by atoms with Gasteiger partial charge in [-0.25, -0.2) is 8.78 Å². The van der Waals surface area contributed by atoms with Crippen LogP contribution in [0.4, 0.5) is 8.78 Å². The number of benzene rings is 1. The summed E-state index contributed by atoms with van der Waals surface area (Å²) in [5.41, 5.74) is -0.0159. The normalized spacial score (nSPS) is 11.5. The zero-order valence-electron chi connectivity index (χ0n) is 6.80. The maximum absolute atomic E-state index is 12.6. The number of hydrogen-bond donors (Lipinski definition) is 1. The lowest BCUT2D eigenvalue weighted by Crippen LogP contribution is -1.84. The Kier molecular flexibility index (Phi) is 2.68. The number of thiol groups is 1. The van der Waals surface area contributed by atoms with Crippen molar-refractivity contribution in [2.75, 3.05) is 0 Å². The molecule has 1 heterocycles. The summed E-state index contributed by atoms with van der Waals surface area (Å²) in [4.78, 5) is 0.689. The maximum atomic E-state index is 12.6. The lowest BCUT2D eigenvalue weighted by Gasteiger charge is -2.02. The highest BCUT2D eigenvalue weighted by atomic mass is 35.5. The van der Waals surface area contributed by atoms with E-state index in [-0.39, 0.29) is 5.56 Å². The summed E-state index contributed by atoms with van der Waals surface area (Å²) in [6.07, 6.45) is -2.50. The lowest BCUT2D eigenvalue weighted by atomic mass is 10.2. The van der Waals surface area contributed by atoms with Crippen LogP contribution in [0, 0.1) is 0 Å². The van der Waals surface area contributed by atoms with E-state index in [0.717, 1.165) is 0 Å². The molecule has 0 unspecified atom stereocenters. The second-order valence-corrected chi connectivity index (χ2v) is 4.59. The molecular weight excluding hydrogens is 246 g/mol. The number of alkyl halides is 2. The highest BCUT2D eigenvalue weighted by molar-refractivity contribution is 7.80. The van der Waals surface area contributed by atoms with E-state index < -0.39 is 6.43 Å². The first-order valence-corrected chi connectivity index (χ1v) is 5.48. The molecule has 0 aliphatic heterocycles. The standard InChI is InChI=1S/C9H5ClF2S2/c10-4-1-5-7(13)3-14-8(5)6(2-4)9(11)12/h1-3,9,13H. The molecule has 2 rings (SSSR count). The highest BCUT2D eigenvalue weighted by Crippen LogP contribution is 2.37. The molecule has 0 saturated heterocycles. The van der Waals surface area contributed by atoms with E-state index in [1.165, 1.54) is 17.4 Å². The Bertz CT molecular complexity index is 479. The van der Waals surface area contributed by atoms with Gasteiger partial charge < -0.3 is 0 Å². The van der Waals surface area contributed by atoms with Gasteiger partial charge in [0.25, 0.3) is 6.43 Å². The Morgan fingerprint density at radius 2 is 2.07 bits per heavy atom. The van der Waals surface area contributed by atoms with Crippen LogP contribution in [0.15, 0.2) is 22.4 Å². The number of thiophene rings is 1. The predicted molar refractivity (Wildman–Crippen MR) is 59.0 cm³/mol. The van der Waals surface area contributed by atoms with Crippen molar-refractivity contribution < 1.29 is 8.78 Å². The fourth-order valence-corrected chi connectivity index (χ4v) is 2.85. The Morgan fingerprint density at radius 1 is 1.36 bits per heavy atom. The molecule has 0 aliphatic carbocycles. The van der Waals surface area contributed by atoms with E-state index in [4.69, 9.17) is 11.6 Å². The SMILES string of the molecule is FC(F)c1cc(Cl)cc2c(S)csc12. The summed E-state index contributed by atoms with van der Waals surface area (Å²) < 4.78 is 25.8. The van der Waals surface area contributed by atoms with Gasteiger partial charge in [0.15, 0.2) is 0 Å². The van der Waals surface area contributed by atoms with Crippen molar-refractivity contribution in [3.63, 3.8) is 0 Å². The molecular formula is C9H5ClF2S2. The first kappa shape index (κ1) is 10.2. The molecule has 0 nitrogen and oxygen atoms in total. The topological polar surface area (TPSA) is 0 Å². The van der Waals surface area contributed by atoms with E-state index in [0.29, 0.717) is 20.0 Å². The summed E-state index contributed by atoms with van der Waals surface area (Å²) in [5.74, 6) is 0. The van der Waals surface area contributed by atoms with Gasteiger partial charge in [-0.3, -0.25) is 0 Å². The first-order valence-electron chi connectivity index (χ1n) is 3.77. The molecule has 14 heavy (non-hydrogen) atoms. The molecule has 5 heteroatoms. The quantitative estimate of drug-likeness (QED) is 0.692. The molecule has 2 aromatic rings. The van der Waals surface area contributed by atoms with Gasteiger partial charge in [-0.2, -0.15) is 0 Å². The van der Waals surface area contributed by atoms with Crippen LogP contribution in [-0.4, -0.2) is 0 Å². The monoisotopic (exact) mass is 250 g/mol. The Hall–Kier alpha value is -0.320. The zero-order valence-corrected chi connectivity index (χ0v) is 9.27. The van der Waals surface area contributed by atoms with Gasteiger partial charge in [0.05, 0.1) is 0 Å². The Balaban J connectivity index is 2.82. The molecule has 0 radical (unpaired) electrons. The van der Waals surface area contributed by atoms with E-state index >= 15 is 0 Å². The van der Waals surface area contributed by atoms with Crippen LogP contribution in [0.5, 0.6) is 0 Å². The molecule has 1 aromatic heterocycles. The largest absolute Gasteiger partial charge is 0.265 e. The molecule has 0 amide bonds. The minimum Gasteiger partial charge on any atom is -0.205 e. The summed E-state index contributed by atoms with van der Waals surface area (Å²) >= 11 is 11.2. The van der Waals surface area contributed by atoms with Crippen molar-refractivity contribution in [2.24, 2.45) is 0 Å². The van der Waals surface area contributed by atoms with Gasteiger partial charge in [-0.1, -0.05) is 11.6 Å². The molecule has 0 atom stereocenters. The Morgan fingerprint density at radius 3 is 2.71 bits per heavy atom. The maximum Gasteiger partial charge on any atom is 0.265 e. The third-order valence-corrected chi connectivity index (χ3v) is 3.69. The zero-order chi connectivity index (χ0) is 10.3. The van der Waals surface area contributed by atoms with Crippen molar-refractivity contribution >= 4 is 45.7 Å². The first-order chi connectivity index (χ1) is 6.59. The fraction of sp³-hybridized carbons (Fsp3) is 0.111. The molecule has 0 fully saturated rings. The molecule has 0 aliphatic rings. The van der Waals surface area contributed by atoms with Gasteiger partial charge in [-0.15, -0.1) is 24.0 Å². The third-order valence-electron chi connectivity index (χ3n) is 1.88. The van der Waals surface area contributed by atoms with Gasteiger partial charge in [-0.05, 0) is 12.1 Å². The number of hydrogen-bond acceptors (Lipinski definition) is 2. The molecule has 1 aromatic carbocycles. The van der Waals surface area contributed by atoms with Crippen LogP contribution in [0.3, 0.4) is 0 Å². The number of halogens is 3. The summed E-state index contributed by atoms with van der Waals surface area (Å²) in [6, 6.07) is 2.96. The van der Waals surface area contributed by atoms with Crippen LogP contribution in [0.25, 0.3) is 10.1 Å². The molecule has 0 spiro atoms. The van der Waals surface area contributed by atoms with Crippen LogP contribution in [-0.2, 0) is 0 Å². The second kappa shape index (κ2) is 3.68. The number of fused-ring (bicyclic) bond motifs is 1. The minimum atomic E-state index is -2.50. The average molecular weight is 251 g/mol. The fourth-order valence-electron chi connectivity index (χ4n) is 1.28. The smallest absolute Gasteiger partial charge is 0.205 e. The van der Waals surface area contributed by atoms with E-state index in [2.05, 4.69) is 12.6 Å². The molecule has 74 valence electrons. The van der Waals surface area contributed by atoms with Crippen LogP contribution in [0.1, 0.15) is 12.0 Å². The third kappa shape index (κ3) is 1.62. The summed E-state index contributed by atoms with van der Waals surface area (Å²) in [5, 5.41) is 2.75. The Labute approximate surface area is 93.9 Å². The predicted octanol–water partition coefficient (Wildman–Crippen LogP) is 4.78. The molecule has 0 saturated carbocycles. The van der Waals surface area contributed by atoms with Crippen molar-refractivity contribution in [1.82, 2.24) is 0 Å². The lowest BCUT2D eigenvalue weighted by molar-refractivity contribution is 0.153. The number of rotatable bonds is 1.